The minimum Gasteiger partial charge on any atom is -0.224 e. The molecule has 0 aliphatic heterocycles. The summed E-state index contributed by atoms with van der Waals surface area (Å²) in [6, 6.07) is 7.72. The third-order valence-corrected chi connectivity index (χ3v) is 6.12. The fourth-order valence-electron chi connectivity index (χ4n) is 2.06. The molecule has 3 aromatic rings. The molecule has 3 rings (SSSR count). The second kappa shape index (κ2) is 5.33. The van der Waals surface area contributed by atoms with Gasteiger partial charge in [-0.2, -0.15) is 0 Å². The van der Waals surface area contributed by atoms with E-state index < -0.39 is 15.8 Å². The van der Waals surface area contributed by atoms with Crippen molar-refractivity contribution in [1.29, 1.82) is 0 Å². The van der Waals surface area contributed by atoms with E-state index in [1.807, 2.05) is 6.92 Å². The molecule has 0 amide bonds. The molecule has 0 bridgehead atoms. The maximum absolute atomic E-state index is 14.1. The normalized spacial score (nSPS) is 12.0. The number of fused-ring (bicyclic) bond motifs is 1. The number of hydrogen-bond donors (Lipinski definition) is 0. The Labute approximate surface area is 139 Å². The van der Waals surface area contributed by atoms with E-state index in [4.69, 9.17) is 11.6 Å². The Morgan fingerprint density at radius 1 is 1.23 bits per heavy atom. The van der Waals surface area contributed by atoms with Crippen molar-refractivity contribution >= 4 is 48.6 Å². The van der Waals surface area contributed by atoms with Crippen LogP contribution in [0.4, 0.5) is 4.39 Å². The predicted octanol–water partition coefficient (Wildman–Crippen LogP) is 4.14. The van der Waals surface area contributed by atoms with Gasteiger partial charge in [0.05, 0.1) is 14.8 Å². The average molecular weight is 404 g/mol. The monoisotopic (exact) mass is 402 g/mol. The van der Waals surface area contributed by atoms with Crippen LogP contribution in [0.1, 0.15) is 5.56 Å². The topological polar surface area (TPSA) is 52.0 Å². The maximum Gasteiger partial charge on any atom is 0.269 e. The first-order chi connectivity index (χ1) is 10.3. The highest BCUT2D eigenvalue weighted by molar-refractivity contribution is 9.10. The highest BCUT2D eigenvalue weighted by Crippen LogP contribution is 2.31. The van der Waals surface area contributed by atoms with Crippen LogP contribution >= 0.6 is 27.5 Å². The lowest BCUT2D eigenvalue weighted by Crippen LogP contribution is -2.12. The van der Waals surface area contributed by atoms with Crippen LogP contribution in [-0.2, 0) is 10.0 Å². The van der Waals surface area contributed by atoms with Crippen molar-refractivity contribution in [3.8, 4) is 0 Å². The van der Waals surface area contributed by atoms with Gasteiger partial charge in [-0.15, -0.1) is 0 Å². The quantitative estimate of drug-likeness (QED) is 0.604. The average Bonchev–Trinajstić information content (AvgIpc) is 2.90. The van der Waals surface area contributed by atoms with Gasteiger partial charge in [0, 0.05) is 6.20 Å². The van der Waals surface area contributed by atoms with Gasteiger partial charge in [0.15, 0.2) is 11.5 Å². The lowest BCUT2D eigenvalue weighted by atomic mass is 10.2. The standard InChI is InChI=1S/C14H9BrClFN2O2S/c1-8-2-4-9(5-3-8)22(20,21)19-7-6-10-12(17)11(15)13(16)18-14(10)19/h2-7H,1H3. The number of pyridine rings is 1. The van der Waals surface area contributed by atoms with Crippen LogP contribution in [0.2, 0.25) is 5.15 Å². The van der Waals surface area contributed by atoms with E-state index in [2.05, 4.69) is 20.9 Å². The smallest absolute Gasteiger partial charge is 0.224 e. The van der Waals surface area contributed by atoms with E-state index in [0.29, 0.717) is 0 Å². The van der Waals surface area contributed by atoms with Crippen LogP contribution in [0.15, 0.2) is 45.9 Å². The third-order valence-electron chi connectivity index (χ3n) is 3.22. The van der Waals surface area contributed by atoms with Crippen LogP contribution in [-0.4, -0.2) is 17.4 Å². The number of benzene rings is 1. The lowest BCUT2D eigenvalue weighted by Gasteiger charge is -2.08. The molecule has 1 aromatic carbocycles. The Balaban J connectivity index is 2.28. The van der Waals surface area contributed by atoms with E-state index in [1.165, 1.54) is 24.4 Å². The van der Waals surface area contributed by atoms with Crippen molar-refractivity contribution in [1.82, 2.24) is 8.96 Å². The number of rotatable bonds is 2. The molecular weight excluding hydrogens is 395 g/mol. The summed E-state index contributed by atoms with van der Waals surface area (Å²) in [6.07, 6.45) is 1.26. The van der Waals surface area contributed by atoms with Gasteiger partial charge >= 0.3 is 0 Å². The van der Waals surface area contributed by atoms with Gasteiger partial charge in [-0.25, -0.2) is 21.8 Å². The Kier molecular flexibility index (Phi) is 3.74. The zero-order valence-electron chi connectivity index (χ0n) is 11.2. The number of nitrogens with zero attached hydrogens (tertiary/aromatic N) is 2. The van der Waals surface area contributed by atoms with Gasteiger partial charge in [0.25, 0.3) is 10.0 Å². The zero-order chi connectivity index (χ0) is 16.1. The molecule has 0 radical (unpaired) electrons. The van der Waals surface area contributed by atoms with Gasteiger partial charge in [-0.3, -0.25) is 0 Å². The van der Waals surface area contributed by atoms with Crippen LogP contribution < -0.4 is 0 Å². The molecule has 0 saturated carbocycles. The Bertz CT molecular complexity index is 984. The molecule has 0 aliphatic rings. The third kappa shape index (κ3) is 2.33. The molecular formula is C14H9BrClFN2O2S. The second-order valence-corrected chi connectivity index (χ2v) is 7.66. The lowest BCUT2D eigenvalue weighted by molar-refractivity contribution is 0.588. The van der Waals surface area contributed by atoms with E-state index in [0.717, 1.165) is 9.54 Å². The minimum absolute atomic E-state index is 0.00662. The highest BCUT2D eigenvalue weighted by atomic mass is 79.9. The van der Waals surface area contributed by atoms with Crippen molar-refractivity contribution in [3.05, 3.63) is 57.5 Å². The van der Waals surface area contributed by atoms with Crippen molar-refractivity contribution < 1.29 is 12.8 Å². The molecule has 0 spiro atoms. The fraction of sp³-hybridized carbons (Fsp3) is 0.0714. The molecule has 0 fully saturated rings. The summed E-state index contributed by atoms with van der Waals surface area (Å²) in [6.45, 7) is 1.86. The summed E-state index contributed by atoms with van der Waals surface area (Å²) < 4.78 is 40.4. The van der Waals surface area contributed by atoms with Gasteiger partial charge in [0.1, 0.15) is 5.15 Å². The molecule has 0 atom stereocenters. The van der Waals surface area contributed by atoms with E-state index >= 15 is 0 Å². The SMILES string of the molecule is Cc1ccc(S(=O)(=O)n2ccc3c(F)c(Br)c(Cl)nc32)cc1. The molecule has 0 aliphatic carbocycles. The van der Waals surface area contributed by atoms with Crippen molar-refractivity contribution in [2.45, 2.75) is 11.8 Å². The van der Waals surface area contributed by atoms with Crippen LogP contribution in [0, 0.1) is 12.7 Å². The van der Waals surface area contributed by atoms with Crippen LogP contribution in [0.25, 0.3) is 11.0 Å². The summed E-state index contributed by atoms with van der Waals surface area (Å²) in [5.74, 6) is -0.646. The molecule has 2 heterocycles. The Morgan fingerprint density at radius 3 is 2.50 bits per heavy atom. The van der Waals surface area contributed by atoms with Crippen molar-refractivity contribution in [2.24, 2.45) is 0 Å². The van der Waals surface area contributed by atoms with Crippen molar-refractivity contribution in [2.75, 3.05) is 0 Å². The Hall–Kier alpha value is -1.44. The molecule has 0 unspecified atom stereocenters. The summed E-state index contributed by atoms with van der Waals surface area (Å²) in [5, 5.41) is -0.0592. The van der Waals surface area contributed by atoms with Gasteiger partial charge in [0.2, 0.25) is 0 Å². The predicted molar refractivity (Wildman–Crippen MR) is 86.2 cm³/mol. The van der Waals surface area contributed by atoms with Gasteiger partial charge < -0.3 is 0 Å². The number of hydrogen-bond acceptors (Lipinski definition) is 3. The summed E-state index contributed by atoms with van der Waals surface area (Å²) in [4.78, 5) is 4.06. The number of aryl methyl sites for hydroxylation is 1. The van der Waals surface area contributed by atoms with E-state index in [1.54, 1.807) is 12.1 Å². The summed E-state index contributed by atoms with van der Waals surface area (Å²) >= 11 is 8.82. The van der Waals surface area contributed by atoms with Crippen LogP contribution in [0.5, 0.6) is 0 Å². The molecule has 22 heavy (non-hydrogen) atoms. The summed E-state index contributed by atoms with van der Waals surface area (Å²) in [7, 11) is -3.87. The van der Waals surface area contributed by atoms with Crippen molar-refractivity contribution in [3.63, 3.8) is 0 Å². The fourth-order valence-corrected chi connectivity index (χ4v) is 3.82. The number of halogens is 3. The first kappa shape index (κ1) is 15.5. The molecule has 8 heteroatoms. The first-order valence-corrected chi connectivity index (χ1v) is 8.77. The highest BCUT2D eigenvalue weighted by Gasteiger charge is 2.22. The summed E-state index contributed by atoms with van der Waals surface area (Å²) in [5.41, 5.74) is 0.888. The molecule has 0 saturated heterocycles. The molecule has 2 aromatic heterocycles. The van der Waals surface area contributed by atoms with E-state index in [-0.39, 0.29) is 25.6 Å². The molecule has 114 valence electrons. The maximum atomic E-state index is 14.1. The van der Waals surface area contributed by atoms with E-state index in [9.17, 15) is 12.8 Å². The second-order valence-electron chi connectivity index (χ2n) is 4.70. The Morgan fingerprint density at radius 2 is 1.86 bits per heavy atom. The largest absolute Gasteiger partial charge is 0.269 e. The first-order valence-electron chi connectivity index (χ1n) is 6.16. The number of aromatic nitrogens is 2. The molecule has 4 nitrogen and oxygen atoms in total. The molecule has 0 N–H and O–H groups in total. The zero-order valence-corrected chi connectivity index (χ0v) is 14.4. The van der Waals surface area contributed by atoms with Gasteiger partial charge in [-0.1, -0.05) is 29.3 Å². The van der Waals surface area contributed by atoms with Gasteiger partial charge in [-0.05, 0) is 41.1 Å². The minimum atomic E-state index is -3.87. The van der Waals surface area contributed by atoms with Crippen LogP contribution in [0.3, 0.4) is 0 Å².